The molecule has 0 aromatic heterocycles. The Balaban J connectivity index is 1.17. The number of fused-ring (bicyclic) bond motifs is 7. The number of aliphatic hydroxyl groups is 9. The fraction of sp³-hybridized carbons (Fsp3) is 0.905. The van der Waals surface area contributed by atoms with Gasteiger partial charge in [0.2, 0.25) is 6.29 Å². The summed E-state index contributed by atoms with van der Waals surface area (Å²) in [4.78, 5) is 27.7. The third-order valence-corrected chi connectivity index (χ3v) is 17.7. The topological polar surface area (TPSA) is 273 Å². The van der Waals surface area contributed by atoms with E-state index in [1.165, 1.54) is 0 Å². The lowest BCUT2D eigenvalue weighted by Gasteiger charge is -2.71. The molecule has 4 saturated carbocycles. The summed E-state index contributed by atoms with van der Waals surface area (Å²) >= 11 is 0. The first-order chi connectivity index (χ1) is 27.0. The van der Waals surface area contributed by atoms with Crippen LogP contribution in [0.5, 0.6) is 0 Å². The van der Waals surface area contributed by atoms with E-state index >= 15 is 0 Å². The van der Waals surface area contributed by atoms with Crippen molar-refractivity contribution in [2.75, 3.05) is 13.2 Å². The van der Waals surface area contributed by atoms with E-state index in [2.05, 4.69) is 26.8 Å². The molecule has 58 heavy (non-hydrogen) atoms. The molecule has 16 nitrogen and oxygen atoms in total. The van der Waals surface area contributed by atoms with E-state index in [-0.39, 0.29) is 28.6 Å². The normalized spacial score (nSPS) is 55.5. The molecule has 0 aromatic rings. The molecule has 7 rings (SSSR count). The maximum absolute atomic E-state index is 14.9. The molecule has 13 unspecified atom stereocenters. The van der Waals surface area contributed by atoms with E-state index in [0.717, 1.165) is 5.57 Å². The van der Waals surface area contributed by atoms with Gasteiger partial charge in [-0.3, -0.25) is 9.59 Å². The number of rotatable bonds is 7. The van der Waals surface area contributed by atoms with Crippen molar-refractivity contribution in [1.29, 1.82) is 0 Å². The molecule has 7 aliphatic rings. The van der Waals surface area contributed by atoms with Crippen LogP contribution in [0.3, 0.4) is 0 Å². The number of carboxylic acids is 1. The molecule has 21 atom stereocenters. The second-order valence-corrected chi connectivity index (χ2v) is 20.1. The molecule has 0 bridgehead atoms. The Morgan fingerprint density at radius 3 is 2.03 bits per heavy atom. The average molecular weight is 827 g/mol. The van der Waals surface area contributed by atoms with Crippen molar-refractivity contribution in [1.82, 2.24) is 0 Å². The minimum Gasteiger partial charge on any atom is -0.481 e. The molecule has 0 radical (unpaired) electrons. The first-order valence-corrected chi connectivity index (χ1v) is 21.1. The quantitative estimate of drug-likeness (QED) is 0.123. The van der Waals surface area contributed by atoms with Crippen LogP contribution in [0.1, 0.15) is 99.3 Å². The lowest BCUT2D eigenvalue weighted by Crippen LogP contribution is -2.69. The first-order valence-electron chi connectivity index (χ1n) is 21.1. The Kier molecular flexibility index (Phi) is 11.4. The second-order valence-electron chi connectivity index (χ2n) is 20.1. The predicted molar refractivity (Wildman–Crippen MR) is 201 cm³/mol. The lowest BCUT2D eigenvalue weighted by molar-refractivity contribution is -0.357. The zero-order chi connectivity index (χ0) is 42.7. The van der Waals surface area contributed by atoms with Crippen molar-refractivity contribution >= 4 is 11.9 Å². The summed E-state index contributed by atoms with van der Waals surface area (Å²) in [7, 11) is 0. The highest BCUT2D eigenvalue weighted by atomic mass is 16.7. The van der Waals surface area contributed by atoms with Gasteiger partial charge in [-0.15, -0.1) is 0 Å². The van der Waals surface area contributed by atoms with Crippen molar-refractivity contribution < 1.29 is 79.6 Å². The Labute approximate surface area is 339 Å². The maximum atomic E-state index is 14.9. The van der Waals surface area contributed by atoms with Crippen LogP contribution in [0, 0.1) is 50.7 Å². The van der Waals surface area contributed by atoms with E-state index in [4.69, 9.17) is 18.9 Å². The highest BCUT2D eigenvalue weighted by Crippen LogP contribution is 2.76. The number of aliphatic carboxylic acids is 1. The number of hydrogen-bond acceptors (Lipinski definition) is 15. The zero-order valence-corrected chi connectivity index (χ0v) is 34.4. The molecule has 0 aromatic carbocycles. The van der Waals surface area contributed by atoms with Crippen molar-refractivity contribution in [2.45, 2.75) is 172 Å². The van der Waals surface area contributed by atoms with E-state index in [1.807, 2.05) is 6.92 Å². The largest absolute Gasteiger partial charge is 0.481 e. The number of carboxylic acid groups (broad SMARTS) is 1. The fourth-order valence-corrected chi connectivity index (χ4v) is 13.7. The Bertz CT molecular complexity index is 1620. The van der Waals surface area contributed by atoms with E-state index < -0.39 is 120 Å². The Morgan fingerprint density at radius 1 is 0.759 bits per heavy atom. The predicted octanol–water partition coefficient (Wildman–Crippen LogP) is 0.352. The number of aliphatic hydroxyl groups excluding tert-OH is 8. The van der Waals surface area contributed by atoms with Gasteiger partial charge in [0.25, 0.3) is 0 Å². The highest BCUT2D eigenvalue weighted by molar-refractivity contribution is 5.79. The van der Waals surface area contributed by atoms with E-state index in [9.17, 15) is 60.7 Å². The van der Waals surface area contributed by atoms with Gasteiger partial charge in [0.05, 0.1) is 35.7 Å². The first kappa shape index (κ1) is 44.3. The van der Waals surface area contributed by atoms with Crippen LogP contribution in [-0.2, 0) is 28.5 Å². The summed E-state index contributed by atoms with van der Waals surface area (Å²) in [6.07, 6.45) is -10.9. The molecular weight excluding hydrogens is 760 g/mol. The van der Waals surface area contributed by atoms with Gasteiger partial charge < -0.3 is 70.0 Å². The maximum Gasteiger partial charge on any atom is 0.315 e. The lowest BCUT2D eigenvalue weighted by atomic mass is 9.33. The minimum absolute atomic E-state index is 0.0740. The number of carbonyl (C=O) groups excluding carboxylic acids is 1. The van der Waals surface area contributed by atoms with Crippen molar-refractivity contribution in [2.24, 2.45) is 50.7 Å². The molecule has 2 saturated heterocycles. The van der Waals surface area contributed by atoms with Crippen LogP contribution in [0.15, 0.2) is 11.6 Å². The third-order valence-electron chi connectivity index (χ3n) is 17.7. The molecule has 5 aliphatic carbocycles. The standard InChI is InChI=1S/C42H66O16/c1-19-9-14-42(36(53)58-34-30(50)28(48)31(22(18-44)56-34)57-33-29(49)27(47)26(46)21(17-43)55-33)16-15-38(3)20(32(42)41(19,6)54)7-8-23-37(2)12-11-25(45)40(5,35(51)52)24(37)10-13-39(23,38)4/h7,19,21-34,43-50,54H,8-18H2,1-6H3,(H,51,52)/t19-,21?,22?,23?,24?,25+,26?,27?,28?,29?,30?,31?,32?,33?,34?,37-,38-,39-,40-,41-,42+/m1/s1. The van der Waals surface area contributed by atoms with Crippen LogP contribution in [-0.4, -0.2) is 149 Å². The van der Waals surface area contributed by atoms with Crippen LogP contribution < -0.4 is 0 Å². The minimum atomic E-state index is -1.91. The van der Waals surface area contributed by atoms with Crippen molar-refractivity contribution in [3.05, 3.63) is 11.6 Å². The second kappa shape index (κ2) is 14.9. The van der Waals surface area contributed by atoms with Crippen molar-refractivity contribution in [3.63, 3.8) is 0 Å². The number of ether oxygens (including phenoxy) is 4. The van der Waals surface area contributed by atoms with Gasteiger partial charge in [0, 0.05) is 5.92 Å². The van der Waals surface area contributed by atoms with Gasteiger partial charge in [-0.1, -0.05) is 39.3 Å². The fourth-order valence-electron chi connectivity index (χ4n) is 13.7. The SMILES string of the molecule is C[C@@H]1CC[C@]2(C(=O)OC3OC(CO)C(OC4OC(CO)C(O)C(O)C4O)C(O)C3O)CC[C@]3(C)C(=CCC4[C@@]5(C)CC[C@H](O)[C@](C)(C(=O)O)C5CC[C@]43C)C2[C@]1(C)O. The average Bonchev–Trinajstić information content (AvgIpc) is 3.17. The molecule has 10 N–H and O–H groups in total. The highest BCUT2D eigenvalue weighted by Gasteiger charge is 2.73. The molecule has 2 heterocycles. The van der Waals surface area contributed by atoms with Crippen LogP contribution in [0.4, 0.5) is 0 Å². The molecule has 6 fully saturated rings. The zero-order valence-electron chi connectivity index (χ0n) is 34.4. The van der Waals surface area contributed by atoms with Crippen LogP contribution in [0.25, 0.3) is 0 Å². The molecule has 330 valence electrons. The molecule has 2 aliphatic heterocycles. The summed E-state index contributed by atoms with van der Waals surface area (Å²) in [6, 6.07) is 0. The third kappa shape index (κ3) is 6.05. The molecular formula is C42H66O16. The van der Waals surface area contributed by atoms with Crippen molar-refractivity contribution in [3.8, 4) is 0 Å². The van der Waals surface area contributed by atoms with Gasteiger partial charge in [-0.2, -0.15) is 0 Å². The Morgan fingerprint density at radius 2 is 1.40 bits per heavy atom. The summed E-state index contributed by atoms with van der Waals surface area (Å²) in [5.41, 5.74) is -4.16. The van der Waals surface area contributed by atoms with Crippen LogP contribution >= 0.6 is 0 Å². The summed E-state index contributed by atoms with van der Waals surface area (Å²) < 4.78 is 23.0. The number of hydrogen-bond donors (Lipinski definition) is 10. The smallest absolute Gasteiger partial charge is 0.315 e. The monoisotopic (exact) mass is 826 g/mol. The molecule has 16 heteroatoms. The summed E-state index contributed by atoms with van der Waals surface area (Å²) in [5.74, 6) is -2.77. The van der Waals surface area contributed by atoms with Crippen LogP contribution in [0.2, 0.25) is 0 Å². The number of carbonyl (C=O) groups is 2. The van der Waals surface area contributed by atoms with Gasteiger partial charge in [0.1, 0.15) is 48.8 Å². The van der Waals surface area contributed by atoms with E-state index in [1.54, 1.807) is 13.8 Å². The molecule has 0 amide bonds. The number of allylic oxidation sites excluding steroid dienone is 1. The van der Waals surface area contributed by atoms with Gasteiger partial charge in [0.15, 0.2) is 6.29 Å². The van der Waals surface area contributed by atoms with E-state index in [0.29, 0.717) is 57.8 Å². The number of esters is 1. The Hall–Kier alpha value is -1.80. The van der Waals surface area contributed by atoms with Gasteiger partial charge in [-0.25, -0.2) is 0 Å². The summed E-state index contributed by atoms with van der Waals surface area (Å²) in [6.45, 7) is 10.6. The summed E-state index contributed by atoms with van der Waals surface area (Å²) in [5, 5.41) is 108. The van der Waals surface area contributed by atoms with Gasteiger partial charge >= 0.3 is 11.9 Å². The van der Waals surface area contributed by atoms with Gasteiger partial charge in [-0.05, 0) is 106 Å². The molecule has 0 spiro atoms.